The minimum atomic E-state index is -1.57. The van der Waals surface area contributed by atoms with Crippen LogP contribution in [0.1, 0.15) is 53.7 Å². The Kier molecular flexibility index (Phi) is 24.7. The summed E-state index contributed by atoms with van der Waals surface area (Å²) >= 11 is 0. The zero-order valence-corrected chi connectivity index (χ0v) is 42.0. The smallest absolute Gasteiger partial charge is 0.326 e. The summed E-state index contributed by atoms with van der Waals surface area (Å²) in [5.41, 5.74) is 1.05. The molecule has 27 nitrogen and oxygen atoms in total. The van der Waals surface area contributed by atoms with E-state index < -0.39 is 90.5 Å². The number of methoxy groups -OCH3 is 1. The summed E-state index contributed by atoms with van der Waals surface area (Å²) in [5.74, 6) is -8.66. The van der Waals surface area contributed by atoms with E-state index in [1.54, 1.807) is 31.7 Å². The number of rotatable bonds is 28. The van der Waals surface area contributed by atoms with Gasteiger partial charge < -0.3 is 62.0 Å². The molecule has 4 rings (SSSR count). The Bertz CT molecular complexity index is 2480. The van der Waals surface area contributed by atoms with Gasteiger partial charge in [-0.05, 0) is 48.3 Å². The highest BCUT2D eigenvalue weighted by Crippen LogP contribution is 2.30. The fraction of sp³-hybridized carbons (Fsp3) is 0.490. The average molecular weight is 1070 g/mol. The zero-order valence-electron chi connectivity index (χ0n) is 42.0. The van der Waals surface area contributed by atoms with Crippen molar-refractivity contribution in [2.24, 2.45) is 0 Å². The normalized spacial score (nSPS) is 15.3. The quantitative estimate of drug-likeness (QED) is 0.0390. The number of benzene rings is 2. The van der Waals surface area contributed by atoms with Crippen LogP contribution in [0.15, 0.2) is 54.7 Å². The predicted octanol–water partition coefficient (Wildman–Crippen LogP) is -0.967. The Morgan fingerprint density at radius 3 is 1.63 bits per heavy atom. The molecule has 414 valence electrons. The van der Waals surface area contributed by atoms with Crippen LogP contribution in [0.5, 0.6) is 5.75 Å². The van der Waals surface area contributed by atoms with Crippen molar-refractivity contribution in [3.05, 3.63) is 71.5 Å². The summed E-state index contributed by atoms with van der Waals surface area (Å²) in [4.78, 5) is 133. The minimum absolute atomic E-state index is 0.000306. The van der Waals surface area contributed by atoms with Crippen molar-refractivity contribution in [3.63, 3.8) is 0 Å². The number of hydrogen-bond donors (Lipinski definition) is 11. The second-order valence-electron chi connectivity index (χ2n) is 17.9. The maximum Gasteiger partial charge on any atom is 0.326 e. The van der Waals surface area contributed by atoms with Crippen LogP contribution in [0.3, 0.4) is 0 Å². The molecule has 2 aromatic carbocycles. The number of nitrogens with one attached hydrogen (secondary N) is 5. The van der Waals surface area contributed by atoms with Gasteiger partial charge >= 0.3 is 41.8 Å². The Labute approximate surface area is 436 Å². The molecule has 0 unspecified atom stereocenters. The molecular formula is C49H66N10O17. The summed E-state index contributed by atoms with van der Waals surface area (Å²) in [6.07, 6.45) is 0.640. The van der Waals surface area contributed by atoms with Gasteiger partial charge in [0.25, 0.3) is 5.91 Å². The van der Waals surface area contributed by atoms with Crippen LogP contribution in [0, 0.1) is 0 Å². The second kappa shape index (κ2) is 31.0. The number of pyridine rings is 1. The Morgan fingerprint density at radius 1 is 0.592 bits per heavy atom. The standard InChI is InChI=1S/C49H66N10O17/c1-76-44-33(11-10-32-6-2-3-7-34(32)44)24-38(45(69)50-15-5-4-8-36(47(71)72)54-49(75)55-37(48(73)74)13-14-40(61)62)53-46(70)35-12-9-31(25-51-35)26-52-39(60)27-56-16-18-57(28-41(63)64)20-22-59(30-43(67)68)23-21-58(19-17-56)29-42(65)66/h2-3,6-7,9-12,25,36-38H,4-5,8,13-24,26-30H2,1H3,(H,50,69)(H,52,60)(H,53,70)(H,61,62)(H,63,64)(H,65,66)(H,67,68)(H,71,72)(H,73,74)(H2,54,55,75)/t36-,37-,38+/m0/s1. The van der Waals surface area contributed by atoms with E-state index in [1.165, 1.54) is 19.4 Å². The third kappa shape index (κ3) is 21.5. The van der Waals surface area contributed by atoms with Gasteiger partial charge in [0, 0.05) is 89.9 Å². The van der Waals surface area contributed by atoms with Crippen molar-refractivity contribution in [1.29, 1.82) is 0 Å². The molecule has 0 aliphatic carbocycles. The summed E-state index contributed by atoms with van der Waals surface area (Å²) in [6.45, 7) is 0.784. The average Bonchev–Trinajstić information content (AvgIpc) is 3.36. The Morgan fingerprint density at radius 2 is 1.13 bits per heavy atom. The molecule has 2 heterocycles. The number of carboxylic acids is 6. The molecular weight excluding hydrogens is 1000 g/mol. The van der Waals surface area contributed by atoms with Crippen molar-refractivity contribution >= 4 is 70.3 Å². The van der Waals surface area contributed by atoms with E-state index in [0.29, 0.717) is 16.9 Å². The number of nitrogens with zero attached hydrogens (tertiary/aromatic N) is 5. The molecule has 1 aliphatic heterocycles. The lowest BCUT2D eigenvalue weighted by Crippen LogP contribution is -2.51. The van der Waals surface area contributed by atoms with Gasteiger partial charge in [0.1, 0.15) is 29.6 Å². The number of carboxylic acid groups (broad SMARTS) is 6. The molecule has 1 fully saturated rings. The molecule has 1 saturated heterocycles. The molecule has 1 aromatic heterocycles. The van der Waals surface area contributed by atoms with Crippen LogP contribution in [0.2, 0.25) is 0 Å². The van der Waals surface area contributed by atoms with Gasteiger partial charge in [-0.1, -0.05) is 42.5 Å². The van der Waals surface area contributed by atoms with E-state index in [2.05, 4.69) is 31.6 Å². The minimum Gasteiger partial charge on any atom is -0.496 e. The molecule has 0 radical (unpaired) electrons. The summed E-state index contributed by atoms with van der Waals surface area (Å²) in [5, 5.41) is 70.5. The van der Waals surface area contributed by atoms with Gasteiger partial charge in [-0.3, -0.25) is 58.1 Å². The lowest BCUT2D eigenvalue weighted by atomic mass is 9.99. The topological polar surface area (TPSA) is 387 Å². The van der Waals surface area contributed by atoms with Gasteiger partial charge in [0.15, 0.2) is 0 Å². The van der Waals surface area contributed by atoms with Crippen LogP contribution < -0.4 is 31.3 Å². The molecule has 11 N–H and O–H groups in total. The van der Waals surface area contributed by atoms with Crippen LogP contribution >= 0.6 is 0 Å². The highest BCUT2D eigenvalue weighted by molar-refractivity contribution is 5.97. The first-order valence-corrected chi connectivity index (χ1v) is 24.3. The molecule has 0 spiro atoms. The first-order chi connectivity index (χ1) is 36.2. The number of aliphatic carboxylic acids is 6. The molecule has 3 aromatic rings. The highest BCUT2D eigenvalue weighted by atomic mass is 16.5. The number of aromatic nitrogens is 1. The molecule has 1 aliphatic rings. The van der Waals surface area contributed by atoms with Gasteiger partial charge in [-0.2, -0.15) is 0 Å². The van der Waals surface area contributed by atoms with E-state index in [-0.39, 0.29) is 123 Å². The third-order valence-electron chi connectivity index (χ3n) is 12.2. The monoisotopic (exact) mass is 1070 g/mol. The zero-order chi connectivity index (χ0) is 55.7. The van der Waals surface area contributed by atoms with Crippen molar-refractivity contribution < 1.29 is 83.3 Å². The summed E-state index contributed by atoms with van der Waals surface area (Å²) in [6, 6.07) is 8.69. The largest absolute Gasteiger partial charge is 0.496 e. The van der Waals surface area contributed by atoms with Gasteiger partial charge in [-0.15, -0.1) is 0 Å². The second-order valence-corrected chi connectivity index (χ2v) is 17.9. The SMILES string of the molecule is COc1c(C[C@@H](NC(=O)c2ccc(CNC(=O)CN3CCN(CC(=O)O)CCN(CC(=O)O)CCN(CC(=O)O)CC3)cn2)C(=O)NCCCC[C@H](NC(=O)N[C@@H](CCC(=O)O)C(=O)O)C(=O)O)ccc2ccccc12. The Balaban J connectivity index is 1.39. The first-order valence-electron chi connectivity index (χ1n) is 24.3. The fourth-order valence-corrected chi connectivity index (χ4v) is 8.21. The summed E-state index contributed by atoms with van der Waals surface area (Å²) < 4.78 is 5.75. The third-order valence-corrected chi connectivity index (χ3v) is 12.2. The lowest BCUT2D eigenvalue weighted by Gasteiger charge is -2.32. The summed E-state index contributed by atoms with van der Waals surface area (Å²) in [7, 11) is 1.48. The number of amides is 5. The number of carbonyl (C=O) groups excluding carboxylic acids is 4. The number of carbonyl (C=O) groups is 10. The molecule has 0 saturated carbocycles. The van der Waals surface area contributed by atoms with E-state index in [0.717, 1.165) is 10.8 Å². The molecule has 3 atom stereocenters. The van der Waals surface area contributed by atoms with Gasteiger partial charge in [0.05, 0.1) is 33.3 Å². The van der Waals surface area contributed by atoms with E-state index in [4.69, 9.17) is 9.84 Å². The van der Waals surface area contributed by atoms with Gasteiger partial charge in [0.2, 0.25) is 11.8 Å². The number of unbranched alkanes of at least 4 members (excludes halogenated alkanes) is 1. The van der Waals surface area contributed by atoms with Crippen molar-refractivity contribution in [2.75, 3.05) is 92.2 Å². The molecule has 76 heavy (non-hydrogen) atoms. The van der Waals surface area contributed by atoms with Crippen LogP contribution in [0.4, 0.5) is 4.79 Å². The molecule has 27 heteroatoms. The number of ether oxygens (including phenoxy) is 1. The number of fused-ring (bicyclic) bond motifs is 1. The van der Waals surface area contributed by atoms with E-state index in [1.807, 2.05) is 30.3 Å². The lowest BCUT2D eigenvalue weighted by molar-refractivity contribution is -0.141. The Hall–Kier alpha value is -8.01. The van der Waals surface area contributed by atoms with Crippen molar-refractivity contribution in [3.8, 4) is 5.75 Å². The van der Waals surface area contributed by atoms with Crippen molar-refractivity contribution in [2.45, 2.75) is 63.2 Å². The molecule has 0 bridgehead atoms. The van der Waals surface area contributed by atoms with Gasteiger partial charge in [-0.25, -0.2) is 14.4 Å². The number of hydrogen-bond acceptors (Lipinski definition) is 16. The van der Waals surface area contributed by atoms with Crippen LogP contribution in [-0.2, 0) is 51.3 Å². The molecule has 5 amide bonds. The van der Waals surface area contributed by atoms with E-state index in [9.17, 15) is 73.5 Å². The fourth-order valence-electron chi connectivity index (χ4n) is 8.21. The first kappa shape index (κ1) is 60.5. The predicted molar refractivity (Wildman–Crippen MR) is 268 cm³/mol. The van der Waals surface area contributed by atoms with Crippen molar-refractivity contribution in [1.82, 2.24) is 51.2 Å². The van der Waals surface area contributed by atoms with Crippen LogP contribution in [-0.4, -0.2) is 225 Å². The highest BCUT2D eigenvalue weighted by Gasteiger charge is 2.28. The van der Waals surface area contributed by atoms with Crippen LogP contribution in [0.25, 0.3) is 10.8 Å². The number of urea groups is 1. The van der Waals surface area contributed by atoms with E-state index >= 15 is 0 Å². The maximum absolute atomic E-state index is 13.8. The maximum atomic E-state index is 13.8.